The SMILES string of the molecule is CCOc1ccc(NC(=O)Cn2nc(C(F)(F)F)c(Cl)c2C2CC2)c([N+](=O)[O-])c1. The highest BCUT2D eigenvalue weighted by atomic mass is 35.5. The van der Waals surface area contributed by atoms with Crippen LogP contribution >= 0.6 is 11.6 Å². The zero-order chi connectivity index (χ0) is 21.3. The number of anilines is 1. The Morgan fingerprint density at radius 3 is 2.69 bits per heavy atom. The minimum atomic E-state index is -4.75. The molecule has 0 radical (unpaired) electrons. The lowest BCUT2D eigenvalue weighted by Gasteiger charge is -2.10. The topological polar surface area (TPSA) is 99.3 Å². The van der Waals surface area contributed by atoms with Gasteiger partial charge in [0.1, 0.15) is 18.0 Å². The molecule has 2 aromatic rings. The third-order valence-electron chi connectivity index (χ3n) is 4.21. The number of rotatable bonds is 7. The molecule has 1 saturated carbocycles. The van der Waals surface area contributed by atoms with E-state index < -0.39 is 40.0 Å². The van der Waals surface area contributed by atoms with Crippen LogP contribution in [0.1, 0.15) is 37.1 Å². The van der Waals surface area contributed by atoms with Crippen LogP contribution in [0.15, 0.2) is 18.2 Å². The molecule has 0 aliphatic heterocycles. The van der Waals surface area contributed by atoms with Gasteiger partial charge in [-0.05, 0) is 31.9 Å². The van der Waals surface area contributed by atoms with E-state index in [2.05, 4.69) is 10.4 Å². The molecule has 1 aliphatic carbocycles. The Morgan fingerprint density at radius 2 is 2.14 bits per heavy atom. The number of hydrogen-bond donors (Lipinski definition) is 1. The number of carbonyl (C=O) groups is 1. The van der Waals surface area contributed by atoms with E-state index in [4.69, 9.17) is 16.3 Å². The fourth-order valence-electron chi connectivity index (χ4n) is 2.85. The smallest absolute Gasteiger partial charge is 0.436 e. The van der Waals surface area contributed by atoms with Crippen LogP contribution < -0.4 is 10.1 Å². The first-order valence-corrected chi connectivity index (χ1v) is 9.04. The summed E-state index contributed by atoms with van der Waals surface area (Å²) in [6.07, 6.45) is -3.46. The minimum Gasteiger partial charge on any atom is -0.494 e. The fraction of sp³-hybridized carbons (Fsp3) is 0.412. The summed E-state index contributed by atoms with van der Waals surface area (Å²) in [4.78, 5) is 23.0. The molecule has 1 amide bonds. The molecule has 156 valence electrons. The van der Waals surface area contributed by atoms with Gasteiger partial charge in [-0.25, -0.2) is 0 Å². The molecule has 12 heteroatoms. The Morgan fingerprint density at radius 1 is 1.45 bits per heavy atom. The maximum Gasteiger partial charge on any atom is 0.436 e. The lowest BCUT2D eigenvalue weighted by molar-refractivity contribution is -0.384. The van der Waals surface area contributed by atoms with Crippen molar-refractivity contribution >= 4 is 28.9 Å². The van der Waals surface area contributed by atoms with E-state index >= 15 is 0 Å². The molecule has 1 aromatic carbocycles. The quantitative estimate of drug-likeness (QED) is 0.517. The van der Waals surface area contributed by atoms with Crippen molar-refractivity contribution in [3.63, 3.8) is 0 Å². The van der Waals surface area contributed by atoms with Gasteiger partial charge in [-0.15, -0.1) is 0 Å². The second-order valence-corrected chi connectivity index (χ2v) is 6.77. The van der Waals surface area contributed by atoms with Gasteiger partial charge in [0.15, 0.2) is 5.69 Å². The van der Waals surface area contributed by atoms with Crippen LogP contribution in [0.4, 0.5) is 24.5 Å². The molecule has 1 aromatic heterocycles. The summed E-state index contributed by atoms with van der Waals surface area (Å²) in [6.45, 7) is 1.45. The van der Waals surface area contributed by atoms with Crippen LogP contribution in [-0.2, 0) is 17.5 Å². The van der Waals surface area contributed by atoms with Crippen LogP contribution in [0.25, 0.3) is 0 Å². The van der Waals surface area contributed by atoms with Crippen LogP contribution in [0.2, 0.25) is 5.02 Å². The predicted molar refractivity (Wildman–Crippen MR) is 97.1 cm³/mol. The highest BCUT2D eigenvalue weighted by Gasteiger charge is 2.42. The summed E-state index contributed by atoms with van der Waals surface area (Å²) in [5, 5.41) is 16.6. The molecule has 1 heterocycles. The van der Waals surface area contributed by atoms with Crippen molar-refractivity contribution in [2.75, 3.05) is 11.9 Å². The summed E-state index contributed by atoms with van der Waals surface area (Å²) in [5.74, 6) is -0.715. The largest absolute Gasteiger partial charge is 0.494 e. The molecule has 1 N–H and O–H groups in total. The second kappa shape index (κ2) is 7.90. The average Bonchev–Trinajstić information content (AvgIpc) is 3.39. The van der Waals surface area contributed by atoms with Crippen molar-refractivity contribution in [2.45, 2.75) is 38.4 Å². The third-order valence-corrected chi connectivity index (χ3v) is 4.58. The molecule has 8 nitrogen and oxygen atoms in total. The molecule has 0 unspecified atom stereocenters. The summed E-state index contributed by atoms with van der Waals surface area (Å²) in [5.41, 5.74) is -1.61. The Bertz CT molecular complexity index is 957. The first-order valence-electron chi connectivity index (χ1n) is 8.66. The number of amides is 1. The number of nitrogens with zero attached hydrogens (tertiary/aromatic N) is 3. The Labute approximate surface area is 167 Å². The van der Waals surface area contributed by atoms with E-state index in [0.29, 0.717) is 19.4 Å². The molecular weight excluding hydrogens is 417 g/mol. The van der Waals surface area contributed by atoms with Gasteiger partial charge >= 0.3 is 6.18 Å². The molecule has 0 saturated heterocycles. The van der Waals surface area contributed by atoms with Crippen LogP contribution in [0.3, 0.4) is 0 Å². The number of ether oxygens (including phenoxy) is 1. The summed E-state index contributed by atoms with van der Waals surface area (Å²) in [6, 6.07) is 3.88. The highest BCUT2D eigenvalue weighted by molar-refractivity contribution is 6.32. The monoisotopic (exact) mass is 432 g/mol. The first kappa shape index (κ1) is 20.9. The molecule has 0 spiro atoms. The number of nitro groups is 1. The van der Waals surface area contributed by atoms with Crippen molar-refractivity contribution < 1.29 is 27.6 Å². The van der Waals surface area contributed by atoms with Gasteiger partial charge in [-0.1, -0.05) is 11.6 Å². The van der Waals surface area contributed by atoms with Gasteiger partial charge in [0.25, 0.3) is 5.69 Å². The van der Waals surface area contributed by atoms with Gasteiger partial charge in [-0.2, -0.15) is 18.3 Å². The van der Waals surface area contributed by atoms with Crippen molar-refractivity contribution in [2.24, 2.45) is 0 Å². The first-order chi connectivity index (χ1) is 13.6. The third kappa shape index (κ3) is 4.61. The standard InChI is InChI=1S/C17H16ClF3N4O4/c1-2-29-10-5-6-11(12(7-10)25(27)28)22-13(26)8-24-15(9-3-4-9)14(18)16(23-24)17(19,20)21/h5-7,9H,2-4,8H2,1H3,(H,22,26). The number of alkyl halides is 3. The maximum atomic E-state index is 13.1. The molecule has 29 heavy (non-hydrogen) atoms. The minimum absolute atomic E-state index is 0.106. The van der Waals surface area contributed by atoms with E-state index in [1.165, 1.54) is 12.1 Å². The number of aromatic nitrogens is 2. The number of hydrogen-bond acceptors (Lipinski definition) is 5. The fourth-order valence-corrected chi connectivity index (χ4v) is 3.25. The lowest BCUT2D eigenvalue weighted by Crippen LogP contribution is -2.21. The van der Waals surface area contributed by atoms with Gasteiger partial charge in [0.2, 0.25) is 5.91 Å². The van der Waals surface area contributed by atoms with Crippen molar-refractivity contribution in [1.29, 1.82) is 0 Å². The van der Waals surface area contributed by atoms with Gasteiger partial charge in [-0.3, -0.25) is 19.6 Å². The number of halogens is 4. The highest BCUT2D eigenvalue weighted by Crippen LogP contribution is 2.46. The van der Waals surface area contributed by atoms with E-state index in [-0.39, 0.29) is 23.0 Å². The van der Waals surface area contributed by atoms with Crippen molar-refractivity contribution in [1.82, 2.24) is 9.78 Å². The molecule has 0 bridgehead atoms. The zero-order valence-electron chi connectivity index (χ0n) is 15.1. The molecule has 3 rings (SSSR count). The molecule has 0 atom stereocenters. The lowest BCUT2D eigenvalue weighted by atomic mass is 10.2. The Kier molecular flexibility index (Phi) is 5.69. The summed E-state index contributed by atoms with van der Waals surface area (Å²) >= 11 is 5.87. The van der Waals surface area contributed by atoms with E-state index in [9.17, 15) is 28.1 Å². The molecular formula is C17H16ClF3N4O4. The summed E-state index contributed by atoms with van der Waals surface area (Å²) in [7, 11) is 0. The van der Waals surface area contributed by atoms with E-state index in [1.807, 2.05) is 0 Å². The van der Waals surface area contributed by atoms with Crippen molar-refractivity contribution in [3.8, 4) is 5.75 Å². The van der Waals surface area contributed by atoms with Crippen LogP contribution in [0.5, 0.6) is 5.75 Å². The molecule has 1 fully saturated rings. The van der Waals surface area contributed by atoms with E-state index in [1.54, 1.807) is 6.92 Å². The normalized spacial score (nSPS) is 14.0. The Balaban J connectivity index is 1.84. The number of carbonyl (C=O) groups excluding carboxylic acids is 1. The number of nitro benzene ring substituents is 1. The molecule has 1 aliphatic rings. The predicted octanol–water partition coefficient (Wildman–Crippen LogP) is 4.38. The van der Waals surface area contributed by atoms with Gasteiger partial charge in [0, 0.05) is 5.92 Å². The maximum absolute atomic E-state index is 13.1. The Hall–Kier alpha value is -2.82. The van der Waals surface area contributed by atoms with Crippen LogP contribution in [-0.4, -0.2) is 27.2 Å². The number of benzene rings is 1. The van der Waals surface area contributed by atoms with Gasteiger partial charge < -0.3 is 10.1 Å². The number of nitrogens with one attached hydrogen (secondary N) is 1. The zero-order valence-corrected chi connectivity index (χ0v) is 15.9. The van der Waals surface area contributed by atoms with Gasteiger partial charge in [0.05, 0.1) is 28.3 Å². The second-order valence-electron chi connectivity index (χ2n) is 6.39. The van der Waals surface area contributed by atoms with Crippen LogP contribution in [0, 0.1) is 10.1 Å². The van der Waals surface area contributed by atoms with Crippen molar-refractivity contribution in [3.05, 3.63) is 44.7 Å². The average molecular weight is 433 g/mol. The summed E-state index contributed by atoms with van der Waals surface area (Å²) < 4.78 is 45.4. The van der Waals surface area contributed by atoms with E-state index in [0.717, 1.165) is 10.7 Å².